The molecule has 0 radical (unpaired) electrons. The number of nitrogen functional groups attached to an aromatic ring is 1. The van der Waals surface area contributed by atoms with Gasteiger partial charge >= 0.3 is 0 Å². The first-order chi connectivity index (χ1) is 5.77. The molecule has 3 heteroatoms. The molecule has 0 aromatic carbocycles. The normalized spacial score (nSPS) is 10.4. The van der Waals surface area contributed by atoms with E-state index < -0.39 is 0 Å². The lowest BCUT2D eigenvalue weighted by Crippen LogP contribution is -1.73. The van der Waals surface area contributed by atoms with Crippen LogP contribution < -0.4 is 5.73 Å². The van der Waals surface area contributed by atoms with E-state index in [1.54, 1.807) is 22.7 Å². The van der Waals surface area contributed by atoms with E-state index in [1.807, 2.05) is 6.07 Å². The Kier molecular flexibility index (Phi) is 1.90. The third kappa shape index (κ3) is 1.26. The second-order valence-electron chi connectivity index (χ2n) is 2.60. The van der Waals surface area contributed by atoms with Crippen LogP contribution in [0.1, 0.15) is 4.88 Å². The van der Waals surface area contributed by atoms with E-state index in [-0.39, 0.29) is 0 Å². The largest absolute Gasteiger partial charge is 0.391 e. The Morgan fingerprint density at radius 1 is 1.42 bits per heavy atom. The fourth-order valence-electron chi connectivity index (χ4n) is 1.18. The van der Waals surface area contributed by atoms with Crippen LogP contribution in [0.2, 0.25) is 0 Å². The molecule has 62 valence electrons. The molecule has 0 atom stereocenters. The Morgan fingerprint density at radius 2 is 2.25 bits per heavy atom. The Labute approximate surface area is 79.5 Å². The Balaban J connectivity index is 2.54. The molecule has 2 rings (SSSR count). The van der Waals surface area contributed by atoms with E-state index in [0.29, 0.717) is 0 Å². The molecule has 0 aliphatic heterocycles. The van der Waals surface area contributed by atoms with Gasteiger partial charge in [0.2, 0.25) is 0 Å². The van der Waals surface area contributed by atoms with Crippen molar-refractivity contribution in [1.29, 1.82) is 0 Å². The number of hydrogen-bond acceptors (Lipinski definition) is 3. The maximum absolute atomic E-state index is 5.71. The second kappa shape index (κ2) is 2.92. The number of nitrogens with two attached hydrogens (primary N) is 1. The zero-order valence-electron chi connectivity index (χ0n) is 6.70. The summed E-state index contributed by atoms with van der Waals surface area (Å²) >= 11 is 3.41. The van der Waals surface area contributed by atoms with Crippen molar-refractivity contribution < 1.29 is 0 Å². The summed E-state index contributed by atoms with van der Waals surface area (Å²) in [5, 5.41) is 2.98. The van der Waals surface area contributed by atoms with Crippen LogP contribution in [-0.2, 0) is 0 Å². The highest BCUT2D eigenvalue weighted by atomic mass is 32.1. The van der Waals surface area contributed by atoms with Crippen LogP contribution in [0.3, 0.4) is 0 Å². The summed E-state index contributed by atoms with van der Waals surface area (Å²) in [5.41, 5.74) is 6.99. The Bertz CT molecular complexity index is 373. The van der Waals surface area contributed by atoms with E-state index in [9.17, 15) is 0 Å². The molecule has 2 aromatic rings. The third-order valence-corrected chi connectivity index (χ3v) is 3.51. The van der Waals surface area contributed by atoms with Gasteiger partial charge in [-0.2, -0.15) is 0 Å². The van der Waals surface area contributed by atoms with Crippen molar-refractivity contribution in [2.45, 2.75) is 6.92 Å². The first-order valence-corrected chi connectivity index (χ1v) is 5.37. The van der Waals surface area contributed by atoms with Crippen molar-refractivity contribution in [2.24, 2.45) is 0 Å². The highest BCUT2D eigenvalue weighted by molar-refractivity contribution is 7.17. The monoisotopic (exact) mass is 195 g/mol. The Hall–Kier alpha value is -0.800. The minimum atomic E-state index is 0.899. The first kappa shape index (κ1) is 7.83. The summed E-state index contributed by atoms with van der Waals surface area (Å²) in [4.78, 5) is 2.61. The molecule has 0 unspecified atom stereocenters. The third-order valence-electron chi connectivity index (χ3n) is 1.72. The van der Waals surface area contributed by atoms with Crippen molar-refractivity contribution in [3.63, 3.8) is 0 Å². The van der Waals surface area contributed by atoms with Gasteiger partial charge in [0.05, 0.1) is 5.00 Å². The zero-order valence-corrected chi connectivity index (χ0v) is 8.34. The van der Waals surface area contributed by atoms with Crippen molar-refractivity contribution in [2.75, 3.05) is 5.73 Å². The zero-order chi connectivity index (χ0) is 8.55. The number of rotatable bonds is 1. The van der Waals surface area contributed by atoms with E-state index in [4.69, 9.17) is 5.73 Å². The van der Waals surface area contributed by atoms with E-state index in [2.05, 4.69) is 24.4 Å². The van der Waals surface area contributed by atoms with Crippen molar-refractivity contribution in [3.05, 3.63) is 28.5 Å². The molecule has 0 saturated heterocycles. The quantitative estimate of drug-likeness (QED) is 0.741. The van der Waals surface area contributed by atoms with Gasteiger partial charge in [-0.1, -0.05) is 6.07 Å². The van der Waals surface area contributed by atoms with Crippen molar-refractivity contribution >= 4 is 27.7 Å². The summed E-state index contributed by atoms with van der Waals surface area (Å²) in [6.45, 7) is 2.11. The summed E-state index contributed by atoms with van der Waals surface area (Å²) in [6, 6.07) is 6.23. The van der Waals surface area contributed by atoms with Crippen LogP contribution in [0.25, 0.3) is 10.4 Å². The highest BCUT2D eigenvalue weighted by Crippen LogP contribution is 2.34. The van der Waals surface area contributed by atoms with Gasteiger partial charge in [0.1, 0.15) is 0 Å². The van der Waals surface area contributed by atoms with Gasteiger partial charge in [-0.3, -0.25) is 0 Å². The molecule has 1 nitrogen and oxygen atoms in total. The minimum Gasteiger partial charge on any atom is -0.391 e. The molecule has 0 bridgehead atoms. The van der Waals surface area contributed by atoms with Crippen LogP contribution in [0.4, 0.5) is 5.00 Å². The molecule has 0 amide bonds. The molecule has 0 fully saturated rings. The fraction of sp³-hybridized carbons (Fsp3) is 0.111. The lowest BCUT2D eigenvalue weighted by Gasteiger charge is -1.91. The first-order valence-electron chi connectivity index (χ1n) is 3.67. The van der Waals surface area contributed by atoms with Gasteiger partial charge in [-0.05, 0) is 24.4 Å². The van der Waals surface area contributed by atoms with Gasteiger partial charge in [0, 0.05) is 15.3 Å². The Morgan fingerprint density at radius 3 is 2.75 bits per heavy atom. The topological polar surface area (TPSA) is 26.0 Å². The van der Waals surface area contributed by atoms with E-state index in [0.717, 1.165) is 5.00 Å². The van der Waals surface area contributed by atoms with Gasteiger partial charge in [0.25, 0.3) is 0 Å². The lowest BCUT2D eigenvalue weighted by atomic mass is 10.2. The average molecular weight is 195 g/mol. The molecule has 0 saturated carbocycles. The van der Waals surface area contributed by atoms with Crippen molar-refractivity contribution in [1.82, 2.24) is 0 Å². The molecule has 2 heterocycles. The highest BCUT2D eigenvalue weighted by Gasteiger charge is 2.05. The predicted octanol–water partition coefficient (Wildman–Crippen LogP) is 3.37. The minimum absolute atomic E-state index is 0.899. The SMILES string of the molecule is Cc1sc(N)cc1-c1cccs1. The fourth-order valence-corrected chi connectivity index (χ4v) is 2.86. The number of anilines is 1. The van der Waals surface area contributed by atoms with Crippen molar-refractivity contribution in [3.8, 4) is 10.4 Å². The standard InChI is InChI=1S/C9H9NS2/c1-6-7(5-9(10)12-6)8-3-2-4-11-8/h2-5H,10H2,1H3. The summed E-state index contributed by atoms with van der Waals surface area (Å²) in [6.07, 6.45) is 0. The summed E-state index contributed by atoms with van der Waals surface area (Å²) in [5.74, 6) is 0. The molecule has 2 aromatic heterocycles. The molecular formula is C9H9NS2. The van der Waals surface area contributed by atoms with Gasteiger partial charge in [-0.25, -0.2) is 0 Å². The maximum Gasteiger partial charge on any atom is 0.0865 e. The summed E-state index contributed by atoms with van der Waals surface area (Å²) < 4.78 is 0. The van der Waals surface area contributed by atoms with Crippen LogP contribution in [0.5, 0.6) is 0 Å². The molecule has 0 aliphatic carbocycles. The lowest BCUT2D eigenvalue weighted by molar-refractivity contribution is 1.63. The van der Waals surface area contributed by atoms with Crippen LogP contribution in [-0.4, -0.2) is 0 Å². The number of aryl methyl sites for hydroxylation is 1. The molecule has 0 spiro atoms. The molecule has 0 aliphatic rings. The molecule has 12 heavy (non-hydrogen) atoms. The molecule has 2 N–H and O–H groups in total. The maximum atomic E-state index is 5.71. The number of thiophene rings is 2. The summed E-state index contributed by atoms with van der Waals surface area (Å²) in [7, 11) is 0. The number of hydrogen-bond donors (Lipinski definition) is 1. The van der Waals surface area contributed by atoms with Crippen LogP contribution in [0.15, 0.2) is 23.6 Å². The van der Waals surface area contributed by atoms with Crippen LogP contribution >= 0.6 is 22.7 Å². The van der Waals surface area contributed by atoms with Gasteiger partial charge < -0.3 is 5.73 Å². The van der Waals surface area contributed by atoms with Gasteiger partial charge in [0.15, 0.2) is 0 Å². The van der Waals surface area contributed by atoms with Crippen LogP contribution in [0, 0.1) is 6.92 Å². The predicted molar refractivity (Wildman–Crippen MR) is 56.8 cm³/mol. The average Bonchev–Trinajstić information content (AvgIpc) is 2.58. The van der Waals surface area contributed by atoms with E-state index >= 15 is 0 Å². The van der Waals surface area contributed by atoms with Gasteiger partial charge in [-0.15, -0.1) is 22.7 Å². The second-order valence-corrected chi connectivity index (χ2v) is 4.83. The molecular weight excluding hydrogens is 186 g/mol. The van der Waals surface area contributed by atoms with E-state index in [1.165, 1.54) is 15.3 Å². The smallest absolute Gasteiger partial charge is 0.0865 e.